The van der Waals surface area contributed by atoms with Crippen molar-refractivity contribution in [2.24, 2.45) is 0 Å². The molecular formula is C21H19N5O2. The van der Waals surface area contributed by atoms with Crippen molar-refractivity contribution in [2.75, 3.05) is 5.32 Å². The molecular weight excluding hydrogens is 354 g/mol. The number of hydrogen-bond acceptors (Lipinski definition) is 4. The zero-order valence-corrected chi connectivity index (χ0v) is 15.8. The summed E-state index contributed by atoms with van der Waals surface area (Å²) in [5.74, 6) is 0.431. The van der Waals surface area contributed by atoms with Crippen LogP contribution in [0.15, 0.2) is 53.3 Å². The van der Waals surface area contributed by atoms with Crippen molar-refractivity contribution >= 4 is 22.5 Å². The number of H-pyrrole nitrogens is 1. The van der Waals surface area contributed by atoms with E-state index in [4.69, 9.17) is 0 Å². The largest absolute Gasteiger partial charge is 0.306 e. The smallest absolute Gasteiger partial charge is 0.257 e. The second-order valence-corrected chi connectivity index (χ2v) is 6.66. The van der Waals surface area contributed by atoms with Gasteiger partial charge in [-0.05, 0) is 37.6 Å². The van der Waals surface area contributed by atoms with Gasteiger partial charge >= 0.3 is 0 Å². The first-order valence-electron chi connectivity index (χ1n) is 8.87. The van der Waals surface area contributed by atoms with Crippen LogP contribution < -0.4 is 10.9 Å². The SMILES string of the molecule is Cc1cc(NC(=O)c2cccc3ccccc23)n(-c2nc(C)c(C)c(=O)[nH]2)n1. The van der Waals surface area contributed by atoms with Crippen LogP contribution in [0.5, 0.6) is 0 Å². The van der Waals surface area contributed by atoms with Gasteiger partial charge in [0, 0.05) is 22.9 Å². The highest BCUT2D eigenvalue weighted by Crippen LogP contribution is 2.21. The maximum Gasteiger partial charge on any atom is 0.257 e. The van der Waals surface area contributed by atoms with Crippen LogP contribution >= 0.6 is 0 Å². The van der Waals surface area contributed by atoms with E-state index in [1.807, 2.05) is 43.3 Å². The molecule has 0 aliphatic carbocycles. The third kappa shape index (κ3) is 3.07. The van der Waals surface area contributed by atoms with Crippen molar-refractivity contribution in [3.8, 4) is 5.95 Å². The third-order valence-electron chi connectivity index (χ3n) is 4.69. The molecule has 4 rings (SSSR count). The molecule has 0 aliphatic heterocycles. The molecule has 0 atom stereocenters. The molecule has 28 heavy (non-hydrogen) atoms. The maximum atomic E-state index is 13.0. The van der Waals surface area contributed by atoms with Gasteiger partial charge in [0.05, 0.1) is 5.69 Å². The summed E-state index contributed by atoms with van der Waals surface area (Å²) in [6.45, 7) is 5.28. The summed E-state index contributed by atoms with van der Waals surface area (Å²) in [5, 5.41) is 9.11. The van der Waals surface area contributed by atoms with Gasteiger partial charge in [-0.25, -0.2) is 4.98 Å². The van der Waals surface area contributed by atoms with Crippen molar-refractivity contribution < 1.29 is 4.79 Å². The molecule has 2 heterocycles. The number of aryl methyl sites for hydroxylation is 2. The number of aromatic nitrogens is 4. The second-order valence-electron chi connectivity index (χ2n) is 6.66. The van der Waals surface area contributed by atoms with E-state index in [1.165, 1.54) is 4.68 Å². The molecule has 0 aliphatic rings. The summed E-state index contributed by atoms with van der Waals surface area (Å²) < 4.78 is 1.44. The summed E-state index contributed by atoms with van der Waals surface area (Å²) in [4.78, 5) is 32.2. The Bertz CT molecular complexity index is 1260. The van der Waals surface area contributed by atoms with E-state index in [9.17, 15) is 9.59 Å². The van der Waals surface area contributed by atoms with Crippen LogP contribution in [0.3, 0.4) is 0 Å². The quantitative estimate of drug-likeness (QED) is 0.576. The van der Waals surface area contributed by atoms with E-state index < -0.39 is 0 Å². The molecule has 0 saturated carbocycles. The van der Waals surface area contributed by atoms with Crippen LogP contribution in [0.1, 0.15) is 27.3 Å². The molecule has 7 nitrogen and oxygen atoms in total. The fraction of sp³-hybridized carbons (Fsp3) is 0.143. The van der Waals surface area contributed by atoms with Crippen LogP contribution in [0.2, 0.25) is 0 Å². The zero-order valence-electron chi connectivity index (χ0n) is 15.8. The van der Waals surface area contributed by atoms with Crippen LogP contribution in [0, 0.1) is 20.8 Å². The summed E-state index contributed by atoms with van der Waals surface area (Å²) in [5.41, 5.74) is 2.17. The molecule has 2 N–H and O–H groups in total. The monoisotopic (exact) mass is 373 g/mol. The molecule has 0 spiro atoms. The molecule has 2 aromatic carbocycles. The Morgan fingerprint density at radius 3 is 2.61 bits per heavy atom. The van der Waals surface area contributed by atoms with Crippen molar-refractivity contribution in [1.82, 2.24) is 19.7 Å². The number of amides is 1. The van der Waals surface area contributed by atoms with Crippen LogP contribution in [-0.4, -0.2) is 25.7 Å². The molecule has 0 unspecified atom stereocenters. The number of carbonyl (C=O) groups excluding carboxylic acids is 1. The predicted octanol–water partition coefficient (Wildman–Crippen LogP) is 3.29. The Hall–Kier alpha value is -3.74. The minimum atomic E-state index is -0.260. The Morgan fingerprint density at radius 2 is 1.82 bits per heavy atom. The molecule has 4 aromatic rings. The van der Waals surface area contributed by atoms with Crippen molar-refractivity contribution in [1.29, 1.82) is 0 Å². The summed E-state index contributed by atoms with van der Waals surface area (Å²) in [7, 11) is 0. The standard InChI is InChI=1S/C21H19N5O2/c1-12-11-18(26(25-12)21-22-14(3)13(2)19(27)24-21)23-20(28)17-10-6-8-15-7-4-5-9-16(15)17/h4-11H,1-3H3,(H,23,28)(H,22,24,27). The minimum Gasteiger partial charge on any atom is -0.306 e. The van der Waals surface area contributed by atoms with Gasteiger partial charge < -0.3 is 5.32 Å². The molecule has 7 heteroatoms. The van der Waals surface area contributed by atoms with E-state index in [0.717, 1.165) is 10.8 Å². The van der Waals surface area contributed by atoms with Gasteiger partial charge in [-0.15, -0.1) is 0 Å². The third-order valence-corrected chi connectivity index (χ3v) is 4.69. The van der Waals surface area contributed by atoms with E-state index in [-0.39, 0.29) is 17.4 Å². The predicted molar refractivity (Wildman–Crippen MR) is 108 cm³/mol. The number of aromatic amines is 1. The number of carbonyl (C=O) groups is 1. The molecule has 0 radical (unpaired) electrons. The van der Waals surface area contributed by atoms with Crippen LogP contribution in [-0.2, 0) is 0 Å². The molecule has 0 saturated heterocycles. The number of benzene rings is 2. The van der Waals surface area contributed by atoms with Gasteiger partial charge in [0.25, 0.3) is 11.5 Å². The average Bonchev–Trinajstić information content (AvgIpc) is 3.05. The van der Waals surface area contributed by atoms with Gasteiger partial charge in [0.15, 0.2) is 0 Å². The highest BCUT2D eigenvalue weighted by molar-refractivity contribution is 6.12. The first kappa shape index (κ1) is 17.7. The Labute approximate surface area is 161 Å². The number of fused-ring (bicyclic) bond motifs is 1. The molecule has 1 amide bonds. The van der Waals surface area contributed by atoms with E-state index in [0.29, 0.717) is 28.3 Å². The van der Waals surface area contributed by atoms with Gasteiger partial charge in [0.2, 0.25) is 5.95 Å². The van der Waals surface area contributed by atoms with E-state index in [2.05, 4.69) is 20.4 Å². The Kier molecular flexibility index (Phi) is 4.27. The molecule has 140 valence electrons. The van der Waals surface area contributed by atoms with E-state index in [1.54, 1.807) is 26.0 Å². The maximum absolute atomic E-state index is 13.0. The minimum absolute atomic E-state index is 0.234. The fourth-order valence-electron chi connectivity index (χ4n) is 3.09. The molecule has 0 bridgehead atoms. The lowest BCUT2D eigenvalue weighted by atomic mass is 10.0. The van der Waals surface area contributed by atoms with Crippen molar-refractivity contribution in [3.63, 3.8) is 0 Å². The zero-order chi connectivity index (χ0) is 19.8. The number of anilines is 1. The molecule has 0 fully saturated rings. The topological polar surface area (TPSA) is 92.7 Å². The van der Waals surface area contributed by atoms with Crippen molar-refractivity contribution in [2.45, 2.75) is 20.8 Å². The Balaban J connectivity index is 1.75. The summed E-state index contributed by atoms with van der Waals surface area (Å²) >= 11 is 0. The Morgan fingerprint density at radius 1 is 1.07 bits per heavy atom. The average molecular weight is 373 g/mol. The first-order chi connectivity index (χ1) is 13.4. The highest BCUT2D eigenvalue weighted by atomic mass is 16.2. The van der Waals surface area contributed by atoms with Gasteiger partial charge in [0.1, 0.15) is 5.82 Å². The second kappa shape index (κ2) is 6.77. The molecule has 2 aromatic heterocycles. The summed E-state index contributed by atoms with van der Waals surface area (Å²) in [6.07, 6.45) is 0. The van der Waals surface area contributed by atoms with Gasteiger partial charge in [-0.1, -0.05) is 36.4 Å². The lowest BCUT2D eigenvalue weighted by Gasteiger charge is -2.10. The fourth-order valence-corrected chi connectivity index (χ4v) is 3.09. The first-order valence-corrected chi connectivity index (χ1v) is 8.87. The van der Waals surface area contributed by atoms with Gasteiger partial charge in [-0.3, -0.25) is 14.6 Å². The number of nitrogens with one attached hydrogen (secondary N) is 2. The lowest BCUT2D eigenvalue weighted by Crippen LogP contribution is -2.21. The number of hydrogen-bond donors (Lipinski definition) is 2. The normalized spacial score (nSPS) is 11.0. The van der Waals surface area contributed by atoms with Crippen LogP contribution in [0.4, 0.5) is 5.82 Å². The lowest BCUT2D eigenvalue weighted by molar-refractivity contribution is 0.102. The highest BCUT2D eigenvalue weighted by Gasteiger charge is 2.16. The number of nitrogens with zero attached hydrogens (tertiary/aromatic N) is 3. The van der Waals surface area contributed by atoms with Gasteiger partial charge in [-0.2, -0.15) is 9.78 Å². The summed E-state index contributed by atoms with van der Waals surface area (Å²) in [6, 6.07) is 15.0. The van der Waals surface area contributed by atoms with Crippen molar-refractivity contribution in [3.05, 3.63) is 81.4 Å². The van der Waals surface area contributed by atoms with E-state index >= 15 is 0 Å². The number of rotatable bonds is 3. The van der Waals surface area contributed by atoms with Crippen LogP contribution in [0.25, 0.3) is 16.7 Å².